The predicted molar refractivity (Wildman–Crippen MR) is 84.0 cm³/mol. The maximum absolute atomic E-state index is 10.8. The second-order valence-corrected chi connectivity index (χ2v) is 6.85. The second-order valence-electron chi connectivity index (χ2n) is 4.54. The lowest BCUT2D eigenvalue weighted by Crippen LogP contribution is -2.03. The summed E-state index contributed by atoms with van der Waals surface area (Å²) < 4.78 is 2.05. The molecule has 3 rings (SSSR count). The Morgan fingerprint density at radius 2 is 2.29 bits per heavy atom. The normalized spacial score (nSPS) is 11.1. The number of hydrogen-bond acceptors (Lipinski definition) is 5. The van der Waals surface area contributed by atoms with Gasteiger partial charge >= 0.3 is 5.97 Å². The molecule has 0 amide bonds. The van der Waals surface area contributed by atoms with Crippen LogP contribution in [0.5, 0.6) is 0 Å². The van der Waals surface area contributed by atoms with Gasteiger partial charge in [0.25, 0.3) is 0 Å². The molecule has 21 heavy (non-hydrogen) atoms. The van der Waals surface area contributed by atoms with Crippen molar-refractivity contribution in [2.45, 2.75) is 18.6 Å². The Bertz CT molecular complexity index is 794. The zero-order valence-corrected chi connectivity index (χ0v) is 12.9. The van der Waals surface area contributed by atoms with Crippen molar-refractivity contribution in [2.75, 3.05) is 5.75 Å². The van der Waals surface area contributed by atoms with E-state index in [4.69, 9.17) is 5.11 Å². The number of hydrogen-bond donors (Lipinski definition) is 1. The molecule has 0 saturated heterocycles. The Morgan fingerprint density at radius 3 is 3.00 bits per heavy atom. The number of rotatable bonds is 5. The fourth-order valence-electron chi connectivity index (χ4n) is 2.07. The van der Waals surface area contributed by atoms with Crippen LogP contribution < -0.4 is 0 Å². The van der Waals surface area contributed by atoms with Crippen molar-refractivity contribution in [1.82, 2.24) is 14.5 Å². The van der Waals surface area contributed by atoms with Gasteiger partial charge in [-0.25, -0.2) is 4.98 Å². The van der Waals surface area contributed by atoms with Gasteiger partial charge in [-0.15, -0.1) is 11.3 Å². The SMILES string of the molecule is Cc1ccc(Cn2c(SCC(=O)O)nc3cnccc32)s1. The maximum atomic E-state index is 10.8. The Labute approximate surface area is 129 Å². The van der Waals surface area contributed by atoms with Gasteiger partial charge in [-0.1, -0.05) is 11.8 Å². The molecule has 1 N–H and O–H groups in total. The van der Waals surface area contributed by atoms with Gasteiger partial charge in [-0.05, 0) is 25.1 Å². The minimum atomic E-state index is -0.844. The topological polar surface area (TPSA) is 68.0 Å². The van der Waals surface area contributed by atoms with E-state index in [0.717, 1.165) is 11.0 Å². The van der Waals surface area contributed by atoms with E-state index in [1.54, 1.807) is 23.7 Å². The molecule has 0 unspecified atom stereocenters. The van der Waals surface area contributed by atoms with Crippen molar-refractivity contribution in [2.24, 2.45) is 0 Å². The van der Waals surface area contributed by atoms with Crippen molar-refractivity contribution in [3.63, 3.8) is 0 Å². The van der Waals surface area contributed by atoms with Crippen LogP contribution in [0.15, 0.2) is 35.7 Å². The van der Waals surface area contributed by atoms with Gasteiger partial charge in [0.1, 0.15) is 5.52 Å². The number of nitrogens with zero attached hydrogens (tertiary/aromatic N) is 3. The van der Waals surface area contributed by atoms with Gasteiger partial charge < -0.3 is 9.67 Å². The van der Waals surface area contributed by atoms with Crippen LogP contribution in [0, 0.1) is 6.92 Å². The Hall–Kier alpha value is -1.86. The summed E-state index contributed by atoms with van der Waals surface area (Å²) in [5.74, 6) is -0.844. The first-order valence-corrected chi connectivity index (χ1v) is 8.14. The molecule has 0 aliphatic heterocycles. The number of aryl methyl sites for hydroxylation is 1. The monoisotopic (exact) mass is 319 g/mol. The number of pyridine rings is 1. The zero-order valence-electron chi connectivity index (χ0n) is 11.3. The smallest absolute Gasteiger partial charge is 0.313 e. The van der Waals surface area contributed by atoms with E-state index in [1.165, 1.54) is 21.5 Å². The Morgan fingerprint density at radius 1 is 1.43 bits per heavy atom. The van der Waals surface area contributed by atoms with E-state index < -0.39 is 5.97 Å². The summed E-state index contributed by atoms with van der Waals surface area (Å²) in [5, 5.41) is 9.58. The van der Waals surface area contributed by atoms with Crippen LogP contribution in [-0.2, 0) is 11.3 Å². The van der Waals surface area contributed by atoms with Gasteiger partial charge in [-0.2, -0.15) is 0 Å². The second kappa shape index (κ2) is 5.87. The number of imidazole rings is 1. The number of thioether (sulfide) groups is 1. The minimum Gasteiger partial charge on any atom is -0.481 e. The third-order valence-electron chi connectivity index (χ3n) is 2.95. The van der Waals surface area contributed by atoms with Crippen molar-refractivity contribution in [3.8, 4) is 0 Å². The number of aliphatic carboxylic acids is 1. The van der Waals surface area contributed by atoms with E-state index in [2.05, 4.69) is 33.6 Å². The van der Waals surface area contributed by atoms with Crippen LogP contribution in [-0.4, -0.2) is 31.4 Å². The molecule has 0 radical (unpaired) electrons. The quantitative estimate of drug-likeness (QED) is 0.732. The summed E-state index contributed by atoms with van der Waals surface area (Å²) in [6, 6.07) is 6.09. The molecule has 5 nitrogen and oxygen atoms in total. The number of carboxylic acids is 1. The number of fused-ring (bicyclic) bond motifs is 1. The molecule has 0 saturated carbocycles. The minimum absolute atomic E-state index is 0.000217. The Balaban J connectivity index is 2.00. The molecule has 0 fully saturated rings. The highest BCUT2D eigenvalue weighted by Gasteiger charge is 2.13. The van der Waals surface area contributed by atoms with Crippen LogP contribution in [0.25, 0.3) is 11.0 Å². The molecule has 3 heterocycles. The van der Waals surface area contributed by atoms with Crippen molar-refractivity contribution in [1.29, 1.82) is 0 Å². The number of aromatic nitrogens is 3. The van der Waals surface area contributed by atoms with Gasteiger partial charge in [0, 0.05) is 16.0 Å². The molecule has 7 heteroatoms. The third kappa shape index (κ3) is 3.08. The van der Waals surface area contributed by atoms with Crippen LogP contribution in [0.4, 0.5) is 0 Å². The van der Waals surface area contributed by atoms with Crippen LogP contribution in [0.1, 0.15) is 9.75 Å². The molecule has 0 aliphatic rings. The number of carboxylic acid groups (broad SMARTS) is 1. The predicted octanol–water partition coefficient (Wildman–Crippen LogP) is 3.03. The van der Waals surface area contributed by atoms with Gasteiger partial charge in [0.2, 0.25) is 0 Å². The lowest BCUT2D eigenvalue weighted by atomic mass is 10.4. The molecule has 0 spiro atoms. The van der Waals surface area contributed by atoms with E-state index in [1.807, 2.05) is 6.07 Å². The van der Waals surface area contributed by atoms with E-state index in [9.17, 15) is 4.79 Å². The summed E-state index contributed by atoms with van der Waals surface area (Å²) in [6.45, 7) is 2.77. The summed E-state index contributed by atoms with van der Waals surface area (Å²) >= 11 is 2.97. The van der Waals surface area contributed by atoms with Gasteiger partial charge in [-0.3, -0.25) is 9.78 Å². The number of thiophene rings is 1. The lowest BCUT2D eigenvalue weighted by Gasteiger charge is -2.06. The average Bonchev–Trinajstić information content (AvgIpc) is 3.01. The molecule has 0 atom stereocenters. The van der Waals surface area contributed by atoms with Crippen LogP contribution in [0.2, 0.25) is 0 Å². The largest absolute Gasteiger partial charge is 0.481 e. The van der Waals surface area contributed by atoms with Crippen molar-refractivity contribution < 1.29 is 9.90 Å². The molecule has 0 bridgehead atoms. The zero-order chi connectivity index (χ0) is 14.8. The first-order chi connectivity index (χ1) is 10.1. The molecular weight excluding hydrogens is 306 g/mol. The highest BCUT2D eigenvalue weighted by atomic mass is 32.2. The first kappa shape index (κ1) is 14.1. The fraction of sp³-hybridized carbons (Fsp3) is 0.214. The van der Waals surface area contributed by atoms with E-state index >= 15 is 0 Å². The maximum Gasteiger partial charge on any atom is 0.313 e. The number of carbonyl (C=O) groups is 1. The van der Waals surface area contributed by atoms with Crippen molar-refractivity contribution in [3.05, 3.63) is 40.3 Å². The summed E-state index contributed by atoms with van der Waals surface area (Å²) in [4.78, 5) is 21.8. The standard InChI is InChI=1S/C14H13N3O2S2/c1-9-2-3-10(21-9)7-17-12-4-5-15-6-11(12)16-14(17)20-8-13(18)19/h2-6H,7-8H2,1H3,(H,18,19). The van der Waals surface area contributed by atoms with Crippen LogP contribution in [0.3, 0.4) is 0 Å². The van der Waals surface area contributed by atoms with E-state index in [-0.39, 0.29) is 5.75 Å². The molecule has 3 aromatic heterocycles. The Kier molecular flexibility index (Phi) is 3.94. The first-order valence-electron chi connectivity index (χ1n) is 6.33. The van der Waals surface area contributed by atoms with Gasteiger partial charge in [0.15, 0.2) is 5.16 Å². The van der Waals surface area contributed by atoms with Crippen LogP contribution >= 0.6 is 23.1 Å². The molecule has 0 aromatic carbocycles. The van der Waals surface area contributed by atoms with Crippen molar-refractivity contribution >= 4 is 40.1 Å². The molecular formula is C14H13N3O2S2. The lowest BCUT2D eigenvalue weighted by molar-refractivity contribution is -0.133. The highest BCUT2D eigenvalue weighted by Crippen LogP contribution is 2.26. The van der Waals surface area contributed by atoms with E-state index in [0.29, 0.717) is 11.7 Å². The third-order valence-corrected chi connectivity index (χ3v) is 4.90. The summed E-state index contributed by atoms with van der Waals surface area (Å²) in [6.07, 6.45) is 3.43. The highest BCUT2D eigenvalue weighted by molar-refractivity contribution is 7.99. The summed E-state index contributed by atoms with van der Waals surface area (Å²) in [7, 11) is 0. The van der Waals surface area contributed by atoms with Gasteiger partial charge in [0.05, 0.1) is 24.0 Å². The average molecular weight is 319 g/mol. The fourth-order valence-corrected chi connectivity index (χ4v) is 3.69. The molecule has 0 aliphatic carbocycles. The summed E-state index contributed by atoms with van der Waals surface area (Å²) in [5.41, 5.74) is 1.77. The molecule has 3 aromatic rings. The molecule has 108 valence electrons.